The Morgan fingerprint density at radius 3 is 2.46 bits per heavy atom. The molecule has 0 fully saturated rings. The molecule has 1 atom stereocenters. The fourth-order valence-electron chi connectivity index (χ4n) is 3.10. The molecule has 1 amide bonds. The molecule has 3 rings (SSSR count). The molecule has 148 valence electrons. The van der Waals surface area contributed by atoms with Crippen LogP contribution in [0.1, 0.15) is 34.8 Å². The zero-order valence-corrected chi connectivity index (χ0v) is 18.1. The Morgan fingerprint density at radius 2 is 1.89 bits per heavy atom. The number of amides is 1. The van der Waals surface area contributed by atoms with Gasteiger partial charge in [0.1, 0.15) is 6.04 Å². The molecule has 28 heavy (non-hydrogen) atoms. The number of aromatic nitrogens is 3. The summed E-state index contributed by atoms with van der Waals surface area (Å²) in [7, 11) is 4.06. The minimum Gasteiger partial charge on any atom is -0.304 e. The van der Waals surface area contributed by atoms with Crippen LogP contribution in [-0.4, -0.2) is 39.7 Å². The van der Waals surface area contributed by atoms with Crippen LogP contribution in [0.4, 0.5) is 5.13 Å². The van der Waals surface area contributed by atoms with Crippen LogP contribution < -0.4 is 5.32 Å². The molecule has 2 aromatic heterocycles. The lowest BCUT2D eigenvalue weighted by Crippen LogP contribution is -2.25. The van der Waals surface area contributed by atoms with Gasteiger partial charge < -0.3 is 10.2 Å². The van der Waals surface area contributed by atoms with Crippen LogP contribution in [0, 0.1) is 20.8 Å². The predicted octanol–water partition coefficient (Wildman–Crippen LogP) is 4.19. The maximum atomic E-state index is 12.8. The van der Waals surface area contributed by atoms with E-state index in [9.17, 15) is 4.79 Å². The fraction of sp³-hybridized carbons (Fsp3) is 0.381. The van der Waals surface area contributed by atoms with Gasteiger partial charge in [0, 0.05) is 22.7 Å². The lowest BCUT2D eigenvalue weighted by atomic mass is 10.1. The first-order chi connectivity index (χ1) is 13.2. The van der Waals surface area contributed by atoms with E-state index < -0.39 is 6.04 Å². The lowest BCUT2D eigenvalue weighted by molar-refractivity contribution is -0.119. The molecule has 0 aliphatic rings. The van der Waals surface area contributed by atoms with Gasteiger partial charge in [0.05, 0.1) is 11.4 Å². The summed E-state index contributed by atoms with van der Waals surface area (Å²) in [6, 6.07) is 9.88. The second-order valence-corrected chi connectivity index (χ2v) is 8.52. The van der Waals surface area contributed by atoms with Crippen molar-refractivity contribution in [2.24, 2.45) is 0 Å². The van der Waals surface area contributed by atoms with Gasteiger partial charge in [-0.05, 0) is 47.9 Å². The van der Waals surface area contributed by atoms with Gasteiger partial charge in [0.2, 0.25) is 0 Å². The molecule has 7 heteroatoms. The Morgan fingerprint density at radius 1 is 1.21 bits per heavy atom. The summed E-state index contributed by atoms with van der Waals surface area (Å²) in [6.45, 7) is 8.57. The minimum atomic E-state index is -0.405. The van der Waals surface area contributed by atoms with E-state index in [0.29, 0.717) is 5.13 Å². The smallest absolute Gasteiger partial charge is 0.250 e. The number of hydrogen-bond donors (Lipinski definition) is 1. The van der Waals surface area contributed by atoms with Crippen LogP contribution >= 0.6 is 11.3 Å². The first-order valence-electron chi connectivity index (χ1n) is 9.29. The van der Waals surface area contributed by atoms with E-state index >= 15 is 0 Å². The van der Waals surface area contributed by atoms with Crippen molar-refractivity contribution < 1.29 is 4.79 Å². The zero-order chi connectivity index (χ0) is 20.4. The predicted molar refractivity (Wildman–Crippen MR) is 115 cm³/mol. The van der Waals surface area contributed by atoms with Gasteiger partial charge in [0.15, 0.2) is 5.13 Å². The summed E-state index contributed by atoms with van der Waals surface area (Å²) in [5.41, 5.74) is 5.06. The number of rotatable bonds is 6. The summed E-state index contributed by atoms with van der Waals surface area (Å²) >= 11 is 1.52. The molecule has 0 saturated heterocycles. The van der Waals surface area contributed by atoms with Crippen LogP contribution in [0.15, 0.2) is 30.3 Å². The Bertz CT molecular complexity index is 971. The van der Waals surface area contributed by atoms with Crippen molar-refractivity contribution >= 4 is 22.4 Å². The molecule has 6 nitrogen and oxygen atoms in total. The third-order valence-corrected chi connectivity index (χ3v) is 5.46. The van der Waals surface area contributed by atoms with E-state index in [-0.39, 0.29) is 5.91 Å². The number of carbonyl (C=O) groups is 1. The van der Waals surface area contributed by atoms with Gasteiger partial charge in [-0.15, -0.1) is 0 Å². The second-order valence-electron chi connectivity index (χ2n) is 7.43. The minimum absolute atomic E-state index is 0.119. The molecule has 0 bridgehead atoms. The van der Waals surface area contributed by atoms with E-state index in [1.54, 1.807) is 4.68 Å². The Labute approximate surface area is 170 Å². The summed E-state index contributed by atoms with van der Waals surface area (Å²) in [5.74, 6) is -0.119. The van der Waals surface area contributed by atoms with Crippen molar-refractivity contribution in [2.75, 3.05) is 19.4 Å². The Balaban J connectivity index is 1.86. The van der Waals surface area contributed by atoms with Crippen LogP contribution in [0.25, 0.3) is 11.3 Å². The van der Waals surface area contributed by atoms with E-state index in [1.165, 1.54) is 16.9 Å². The number of nitrogens with zero attached hydrogens (tertiary/aromatic N) is 4. The highest BCUT2D eigenvalue weighted by Crippen LogP contribution is 2.32. The quantitative estimate of drug-likeness (QED) is 0.677. The van der Waals surface area contributed by atoms with Crippen molar-refractivity contribution in [3.05, 3.63) is 52.2 Å². The van der Waals surface area contributed by atoms with Crippen molar-refractivity contribution in [2.45, 2.75) is 40.3 Å². The summed E-state index contributed by atoms with van der Waals surface area (Å²) in [5, 5.41) is 8.02. The fourth-order valence-corrected chi connectivity index (χ4v) is 4.20. The Kier molecular flexibility index (Phi) is 5.96. The normalized spacial score (nSPS) is 12.4. The molecule has 0 radical (unpaired) electrons. The van der Waals surface area contributed by atoms with Gasteiger partial charge in [-0.3, -0.25) is 9.48 Å². The van der Waals surface area contributed by atoms with E-state index in [0.717, 1.165) is 34.1 Å². The highest BCUT2D eigenvalue weighted by molar-refractivity contribution is 7.16. The summed E-state index contributed by atoms with van der Waals surface area (Å²) < 4.78 is 1.75. The van der Waals surface area contributed by atoms with Crippen LogP contribution in [0.2, 0.25) is 0 Å². The van der Waals surface area contributed by atoms with Gasteiger partial charge in [-0.2, -0.15) is 5.10 Å². The first kappa shape index (κ1) is 20.2. The second kappa shape index (κ2) is 8.24. The number of anilines is 1. The highest BCUT2D eigenvalue weighted by Gasteiger charge is 2.21. The van der Waals surface area contributed by atoms with Crippen LogP contribution in [0.5, 0.6) is 0 Å². The van der Waals surface area contributed by atoms with E-state index in [4.69, 9.17) is 4.98 Å². The summed E-state index contributed by atoms with van der Waals surface area (Å²) in [6.07, 6.45) is 0. The SMILES string of the molecule is Cc1ccc(-c2nc(NC(=O)[C@H](C)n3nc(C)cc3C)sc2CN(C)C)cc1. The van der Waals surface area contributed by atoms with E-state index in [1.807, 2.05) is 40.9 Å². The molecule has 1 aromatic carbocycles. The van der Waals surface area contributed by atoms with Crippen molar-refractivity contribution in [1.82, 2.24) is 19.7 Å². The number of hydrogen-bond acceptors (Lipinski definition) is 5. The van der Waals surface area contributed by atoms with Gasteiger partial charge >= 0.3 is 0 Å². The van der Waals surface area contributed by atoms with Crippen molar-refractivity contribution in [3.63, 3.8) is 0 Å². The van der Waals surface area contributed by atoms with Crippen LogP contribution in [0.3, 0.4) is 0 Å². The van der Waals surface area contributed by atoms with Crippen LogP contribution in [-0.2, 0) is 11.3 Å². The average Bonchev–Trinajstić information content (AvgIpc) is 3.16. The van der Waals surface area contributed by atoms with Crippen molar-refractivity contribution in [3.8, 4) is 11.3 Å². The first-order valence-corrected chi connectivity index (χ1v) is 10.1. The number of thiazole rings is 1. The third-order valence-electron chi connectivity index (χ3n) is 4.50. The molecule has 0 unspecified atom stereocenters. The molecule has 0 saturated carbocycles. The molecule has 0 aliphatic heterocycles. The molecule has 1 N–H and O–H groups in total. The van der Waals surface area contributed by atoms with Gasteiger partial charge in [0.25, 0.3) is 5.91 Å². The number of nitrogens with one attached hydrogen (secondary N) is 1. The van der Waals surface area contributed by atoms with Gasteiger partial charge in [-0.25, -0.2) is 4.98 Å². The lowest BCUT2D eigenvalue weighted by Gasteiger charge is -2.13. The molecular weight excluding hydrogens is 370 g/mol. The number of aryl methyl sites for hydroxylation is 3. The molecule has 3 aromatic rings. The van der Waals surface area contributed by atoms with Gasteiger partial charge in [-0.1, -0.05) is 41.2 Å². The Hall–Kier alpha value is -2.51. The topological polar surface area (TPSA) is 63.1 Å². The van der Waals surface area contributed by atoms with E-state index in [2.05, 4.69) is 46.5 Å². The molecular formula is C21H27N5OS. The average molecular weight is 398 g/mol. The monoisotopic (exact) mass is 397 g/mol. The zero-order valence-electron chi connectivity index (χ0n) is 17.3. The molecule has 0 aliphatic carbocycles. The standard InChI is InChI=1S/C21H27N5OS/c1-13-7-9-17(10-8-13)19-18(12-25(5)6)28-21(22-19)23-20(27)16(4)26-15(3)11-14(2)24-26/h7-11,16H,12H2,1-6H3,(H,22,23,27)/t16-/m0/s1. The molecule has 2 heterocycles. The third kappa shape index (κ3) is 4.48. The maximum absolute atomic E-state index is 12.8. The largest absolute Gasteiger partial charge is 0.304 e. The number of carbonyl (C=O) groups excluding carboxylic acids is 1. The summed E-state index contributed by atoms with van der Waals surface area (Å²) in [4.78, 5) is 20.8. The molecule has 0 spiro atoms. The highest BCUT2D eigenvalue weighted by atomic mass is 32.1. The maximum Gasteiger partial charge on any atom is 0.250 e. The van der Waals surface area contributed by atoms with Crippen molar-refractivity contribution in [1.29, 1.82) is 0 Å². The number of benzene rings is 1.